The largest absolute Gasteiger partial charge is 0.345 e. The Kier molecular flexibility index (Phi) is 36.1. The summed E-state index contributed by atoms with van der Waals surface area (Å²) in [6.45, 7) is 99.7. The lowest BCUT2D eigenvalue weighted by Gasteiger charge is -2.19. The first kappa shape index (κ1) is 114. The van der Waals surface area contributed by atoms with E-state index in [0.29, 0.717) is 11.8 Å². The number of H-pyrrole nitrogens is 6. The van der Waals surface area contributed by atoms with Crippen LogP contribution in [-0.4, -0.2) is 76.4 Å². The van der Waals surface area contributed by atoms with Crippen molar-refractivity contribution in [3.8, 4) is 45.6 Å². The minimum atomic E-state index is -0.350. The molecule has 0 saturated heterocycles. The highest BCUT2D eigenvalue weighted by molar-refractivity contribution is 5.98. The molecule has 0 radical (unpaired) electrons. The number of benzene rings is 6. The molecule has 14 rings (SSSR count). The van der Waals surface area contributed by atoms with Crippen LogP contribution in [0.15, 0.2) is 176 Å². The quantitative estimate of drug-likeness (QED) is 0.0791. The SMILES string of the molecule is CC(C)(C)C#Cc1cnc(C(C)(C)C)[nH]1.CC(C)(C)C1=Nc2cc(C(C)(C)C)ccc2C1.CC(C)(C)c1ccc(-c2cnc(C(C)(C)C)[nH]2)cc1.CC(C)(C)c1ccc(-c2cnc(C(C)(C)C)[nH]2)cn1.CC(C)(C)c1ccc2nc(C(C)(C)C)[nH]c2c1.CC(C)(C)c1cnc(C(C)(C)C)[nH]1.CC(C)c1ccc(NC(=O)C(C)(C)C)cc1.CC(C)c1ncc(-c2ccc3cc(C(C)(C)C)ccc3c2)[nH]1. The molecular weight excluding hydrogens is 1690 g/mol. The number of carbonyl (C=O) groups is 1. The molecule has 8 heterocycles. The first-order valence-corrected chi connectivity index (χ1v) is 49.8. The van der Waals surface area contributed by atoms with E-state index >= 15 is 0 Å². The van der Waals surface area contributed by atoms with Gasteiger partial charge in [-0.25, -0.2) is 29.9 Å². The van der Waals surface area contributed by atoms with Crippen molar-refractivity contribution >= 4 is 44.8 Å². The second-order valence-corrected chi connectivity index (χ2v) is 52.6. The summed E-state index contributed by atoms with van der Waals surface area (Å²) in [5.41, 5.74) is 24.7. The van der Waals surface area contributed by atoms with E-state index in [1.807, 2.05) is 63.9 Å². The standard InChI is InChI=1S/C20H24N2.C17H24N2.C16H23N3.C16H23N.C15H22N2.C14H21NO.C13H20N2.C11H20N2/c1-13(2)19-21-12-18(22-19)16-7-6-15-11-17(20(3,4)5)9-8-14(15)10-16;1-16(2,3)13-9-7-12(8-10-13)14-11-18-15(19-14)17(4,5)6;1-15(2,3)13-8-7-11(9-17-13)12-10-18-14(19-12)16(4,5)6;1-15(2,3)12-8-7-11-9-14(16(4,5)6)17-13(11)10-12;1-14(2,3)10-7-8-11-12(9-10)17-13(16-11)15(4,5)6;1-10(2)11-6-8-12(9-7-11)15-13(16)14(3,4)5;1-12(2,3)8-7-10-9-14-11(15-10)13(4,5)6;1-10(2,3)8-7-12-9(13-8)11(4,5)6/h6-13H,1-5H3,(H,21,22);7-11H,1-6H3,(H,18,19);7-10H,1-6H3,(H,18,19);7-8,10H,9H2,1-6H3;7-9H,1-6H3,(H,16,17);6-10H,1-5H3,(H,15,16);9H,1-6H3,(H,14,15);7H,1-6H3,(H,12,13). The maximum Gasteiger partial charge on any atom is 0.229 e. The number of anilines is 1. The summed E-state index contributed by atoms with van der Waals surface area (Å²) in [7, 11) is 0. The van der Waals surface area contributed by atoms with Gasteiger partial charge in [0.05, 0.1) is 58.6 Å². The molecule has 138 heavy (non-hydrogen) atoms. The fraction of sp³-hybridized carbons (Fsp3) is 0.516. The van der Waals surface area contributed by atoms with Gasteiger partial charge in [0.25, 0.3) is 0 Å². The first-order valence-electron chi connectivity index (χ1n) is 49.8. The molecule has 16 heteroatoms. The molecule has 0 bridgehead atoms. The molecule has 1 aliphatic heterocycles. The molecule has 13 aromatic rings. The number of pyridine rings is 1. The Morgan fingerprint density at radius 3 is 1.21 bits per heavy atom. The van der Waals surface area contributed by atoms with Crippen LogP contribution in [0.4, 0.5) is 11.4 Å². The van der Waals surface area contributed by atoms with E-state index in [-0.39, 0.29) is 81.7 Å². The number of amides is 1. The Labute approximate surface area is 833 Å². The normalized spacial score (nSPS) is 13.0. The topological polar surface area (TPSA) is 226 Å². The smallest absolute Gasteiger partial charge is 0.229 e. The van der Waals surface area contributed by atoms with Crippen LogP contribution < -0.4 is 5.32 Å². The number of rotatable bonds is 6. The van der Waals surface area contributed by atoms with Crippen molar-refractivity contribution in [2.24, 2.45) is 21.2 Å². The van der Waals surface area contributed by atoms with Crippen molar-refractivity contribution < 1.29 is 4.79 Å². The van der Waals surface area contributed by atoms with E-state index in [0.717, 1.165) is 92.1 Å². The summed E-state index contributed by atoms with van der Waals surface area (Å²) >= 11 is 0. The number of hydrogen-bond donors (Lipinski definition) is 7. The van der Waals surface area contributed by atoms with Gasteiger partial charge in [0.2, 0.25) is 5.91 Å². The third-order valence-electron chi connectivity index (χ3n) is 23.6. The number of imidazole rings is 6. The van der Waals surface area contributed by atoms with Crippen LogP contribution in [0.5, 0.6) is 0 Å². The van der Waals surface area contributed by atoms with Crippen molar-refractivity contribution in [2.75, 3.05) is 5.32 Å². The molecule has 746 valence electrons. The molecule has 0 fully saturated rings. The third-order valence-corrected chi connectivity index (χ3v) is 23.6. The highest BCUT2D eigenvalue weighted by Crippen LogP contribution is 2.39. The van der Waals surface area contributed by atoms with Gasteiger partial charge >= 0.3 is 0 Å². The predicted octanol–water partition coefficient (Wildman–Crippen LogP) is 33.1. The maximum absolute atomic E-state index is 11.7. The predicted molar refractivity (Wildman–Crippen MR) is 592 cm³/mol. The van der Waals surface area contributed by atoms with Gasteiger partial charge in [0.15, 0.2) is 0 Å². The number of fused-ring (bicyclic) bond motifs is 3. The van der Waals surface area contributed by atoms with E-state index in [4.69, 9.17) is 4.99 Å². The molecular formula is C122H177N15O. The van der Waals surface area contributed by atoms with E-state index in [2.05, 4.69) is 501 Å². The van der Waals surface area contributed by atoms with E-state index in [9.17, 15) is 4.79 Å². The van der Waals surface area contributed by atoms with Crippen LogP contribution >= 0.6 is 0 Å². The maximum atomic E-state index is 11.7. The van der Waals surface area contributed by atoms with Crippen LogP contribution in [-0.2, 0) is 70.8 Å². The minimum Gasteiger partial charge on any atom is -0.345 e. The van der Waals surface area contributed by atoms with Gasteiger partial charge in [-0.1, -0.05) is 389 Å². The number of nitrogens with zero attached hydrogens (tertiary/aromatic N) is 8. The highest BCUT2D eigenvalue weighted by Gasteiger charge is 2.30. The lowest BCUT2D eigenvalue weighted by molar-refractivity contribution is -0.123. The van der Waals surface area contributed by atoms with Crippen LogP contribution in [0.25, 0.3) is 55.6 Å². The summed E-state index contributed by atoms with van der Waals surface area (Å²) in [4.78, 5) is 68.2. The first-order chi connectivity index (χ1) is 62.7. The van der Waals surface area contributed by atoms with Gasteiger partial charge in [0.1, 0.15) is 40.6 Å². The average molecular weight is 1870 g/mol. The Balaban J connectivity index is 0.000000216. The van der Waals surface area contributed by atoms with Crippen molar-refractivity contribution in [1.29, 1.82) is 0 Å². The van der Waals surface area contributed by atoms with Gasteiger partial charge in [-0.3, -0.25) is 14.8 Å². The monoisotopic (exact) mass is 1870 g/mol. The van der Waals surface area contributed by atoms with Gasteiger partial charge < -0.3 is 35.2 Å². The zero-order valence-electron chi connectivity index (χ0n) is 94.0. The summed E-state index contributed by atoms with van der Waals surface area (Å²) in [6.07, 6.45) is 12.4. The second-order valence-electron chi connectivity index (χ2n) is 52.6. The van der Waals surface area contributed by atoms with Crippen LogP contribution in [0, 0.1) is 28.1 Å². The minimum absolute atomic E-state index is 0.0347. The second kappa shape index (κ2) is 43.8. The Hall–Kier alpha value is -11.1. The van der Waals surface area contributed by atoms with Gasteiger partial charge in [-0.05, 0) is 153 Å². The Morgan fingerprint density at radius 2 is 0.775 bits per heavy atom. The Bertz CT molecular complexity index is 6050. The number of aromatic amines is 6. The lowest BCUT2D eigenvalue weighted by atomic mass is 9.85. The van der Waals surface area contributed by atoms with E-state index in [1.54, 1.807) is 6.20 Å². The highest BCUT2D eigenvalue weighted by atomic mass is 16.2. The van der Waals surface area contributed by atoms with E-state index in [1.165, 1.54) is 72.4 Å². The number of hydrogen-bond acceptors (Lipinski definition) is 9. The fourth-order valence-corrected chi connectivity index (χ4v) is 13.8. The van der Waals surface area contributed by atoms with Gasteiger partial charge in [-0.15, -0.1) is 0 Å². The van der Waals surface area contributed by atoms with Crippen LogP contribution in [0.2, 0.25) is 0 Å². The average Bonchev–Trinajstić information content (AvgIpc) is 1.67. The molecule has 1 aliphatic rings. The molecule has 7 aromatic heterocycles. The van der Waals surface area contributed by atoms with Crippen molar-refractivity contribution in [2.45, 2.75) is 396 Å². The summed E-state index contributed by atoms with van der Waals surface area (Å²) in [5, 5.41) is 5.47. The van der Waals surface area contributed by atoms with Crippen molar-refractivity contribution in [1.82, 2.24) is 64.8 Å². The molecule has 0 unspecified atom stereocenters. The number of nitrogens with one attached hydrogen (secondary N) is 7. The van der Waals surface area contributed by atoms with Crippen molar-refractivity contribution in [3.63, 3.8) is 0 Å². The molecule has 0 atom stereocenters. The van der Waals surface area contributed by atoms with Crippen LogP contribution in [0.3, 0.4) is 0 Å². The van der Waals surface area contributed by atoms with Gasteiger partial charge in [-0.2, -0.15) is 0 Å². The molecule has 7 N–H and O–H groups in total. The molecule has 6 aromatic carbocycles. The van der Waals surface area contributed by atoms with Gasteiger partial charge in [0, 0.05) is 113 Å². The molecule has 0 aliphatic carbocycles. The number of aliphatic imine (C=N–C) groups is 1. The van der Waals surface area contributed by atoms with Crippen LogP contribution in [0.1, 0.15) is 416 Å². The molecule has 0 spiro atoms. The zero-order chi connectivity index (χ0) is 104. The third kappa shape index (κ3) is 34.5. The lowest BCUT2D eigenvalue weighted by Crippen LogP contribution is -2.27. The number of carbonyl (C=O) groups excluding carboxylic acids is 1. The molecule has 16 nitrogen and oxygen atoms in total. The summed E-state index contributed by atoms with van der Waals surface area (Å²) in [6, 6.07) is 47.6. The van der Waals surface area contributed by atoms with E-state index < -0.39 is 0 Å². The fourth-order valence-electron chi connectivity index (χ4n) is 13.8. The number of aromatic nitrogens is 13. The van der Waals surface area contributed by atoms with Crippen molar-refractivity contribution in [3.05, 3.63) is 256 Å². The Morgan fingerprint density at radius 1 is 0.341 bits per heavy atom. The zero-order valence-corrected chi connectivity index (χ0v) is 94.0. The summed E-state index contributed by atoms with van der Waals surface area (Å²) in [5.74, 6) is 13.5. The molecule has 1 amide bonds. The summed E-state index contributed by atoms with van der Waals surface area (Å²) < 4.78 is 0. The molecule has 0 saturated carbocycles.